The highest BCUT2D eigenvalue weighted by molar-refractivity contribution is 6.00. The summed E-state index contributed by atoms with van der Waals surface area (Å²) in [5.74, 6) is -0.786. The number of Topliss-reactive ketones (excluding diaryl/α,β-unsaturated/α-hetero) is 1. The molecular weight excluding hydrogens is 370 g/mol. The van der Waals surface area contributed by atoms with Gasteiger partial charge in [0.25, 0.3) is 0 Å². The molecule has 1 N–H and O–H groups in total. The van der Waals surface area contributed by atoms with E-state index in [1.807, 2.05) is 12.1 Å². The first kappa shape index (κ1) is 22.1. The summed E-state index contributed by atoms with van der Waals surface area (Å²) in [4.78, 5) is 36.8. The fourth-order valence-corrected chi connectivity index (χ4v) is 2.58. The van der Waals surface area contributed by atoms with Crippen LogP contribution in [-0.4, -0.2) is 30.0 Å². The maximum atomic E-state index is 12.9. The molecule has 0 aromatic heterocycles. The maximum absolute atomic E-state index is 12.9. The molecule has 1 unspecified atom stereocenters. The van der Waals surface area contributed by atoms with E-state index >= 15 is 0 Å². The lowest BCUT2D eigenvalue weighted by atomic mass is 10.00. The lowest BCUT2D eigenvalue weighted by Crippen LogP contribution is -2.33. The van der Waals surface area contributed by atoms with E-state index in [4.69, 9.17) is 9.47 Å². The molecule has 0 aliphatic heterocycles. The fourth-order valence-electron chi connectivity index (χ4n) is 2.58. The number of esters is 1. The molecule has 0 heterocycles. The molecule has 0 radical (unpaired) electrons. The Balaban J connectivity index is 1.93. The Labute approximate surface area is 171 Å². The van der Waals surface area contributed by atoms with Crippen LogP contribution in [0.3, 0.4) is 0 Å². The molecule has 0 saturated heterocycles. The number of hydrogen-bond acceptors (Lipinski definition) is 5. The van der Waals surface area contributed by atoms with Crippen molar-refractivity contribution in [3.8, 4) is 0 Å². The van der Waals surface area contributed by atoms with Gasteiger partial charge >= 0.3 is 12.1 Å². The lowest BCUT2D eigenvalue weighted by Gasteiger charge is -2.20. The molecule has 2 aromatic rings. The first-order valence-electron chi connectivity index (χ1n) is 9.57. The van der Waals surface area contributed by atoms with Gasteiger partial charge in [-0.25, -0.2) is 4.79 Å². The highest BCUT2D eigenvalue weighted by Gasteiger charge is 2.26. The summed E-state index contributed by atoms with van der Waals surface area (Å²) >= 11 is 0. The molecule has 0 aliphatic rings. The van der Waals surface area contributed by atoms with Crippen molar-refractivity contribution < 1.29 is 23.9 Å². The van der Waals surface area contributed by atoms with Crippen molar-refractivity contribution in [1.82, 2.24) is 5.32 Å². The molecule has 0 aliphatic carbocycles. The standard InChI is InChI=1S/C23H27NO5/c1-23(2,3)29-22(27)24-16-10-15-19(25)28-21(18-13-8-5-9-14-18)20(26)17-11-6-4-7-12-17/h4-9,11-14,21H,10,15-16H2,1-3H3,(H,24,27). The molecule has 154 valence electrons. The maximum Gasteiger partial charge on any atom is 0.407 e. The normalized spacial score (nSPS) is 12.0. The van der Waals surface area contributed by atoms with Crippen LogP contribution in [0.25, 0.3) is 0 Å². The molecule has 1 amide bonds. The van der Waals surface area contributed by atoms with E-state index in [1.165, 1.54) is 0 Å². The second kappa shape index (κ2) is 10.4. The van der Waals surface area contributed by atoms with Crippen LogP contribution < -0.4 is 5.32 Å². The van der Waals surface area contributed by atoms with Gasteiger partial charge in [0.2, 0.25) is 5.78 Å². The number of benzene rings is 2. The third-order valence-corrected chi connectivity index (χ3v) is 3.87. The van der Waals surface area contributed by atoms with Crippen molar-refractivity contribution in [3.63, 3.8) is 0 Å². The molecular formula is C23H27NO5. The SMILES string of the molecule is CC(C)(C)OC(=O)NCCCC(=O)OC(C(=O)c1ccccc1)c1ccccc1. The third-order valence-electron chi connectivity index (χ3n) is 3.87. The van der Waals surface area contributed by atoms with Crippen molar-refractivity contribution in [1.29, 1.82) is 0 Å². The van der Waals surface area contributed by atoms with Gasteiger partial charge in [0.1, 0.15) is 5.60 Å². The minimum absolute atomic E-state index is 0.0706. The average Bonchev–Trinajstić information content (AvgIpc) is 2.69. The minimum atomic E-state index is -1.01. The van der Waals surface area contributed by atoms with Crippen molar-refractivity contribution in [2.24, 2.45) is 0 Å². The lowest BCUT2D eigenvalue weighted by molar-refractivity contribution is -0.147. The third kappa shape index (κ3) is 7.78. The molecule has 0 fully saturated rings. The molecule has 29 heavy (non-hydrogen) atoms. The monoisotopic (exact) mass is 397 g/mol. The number of rotatable bonds is 8. The second-order valence-electron chi connectivity index (χ2n) is 7.54. The first-order chi connectivity index (χ1) is 13.8. The highest BCUT2D eigenvalue weighted by Crippen LogP contribution is 2.23. The van der Waals surface area contributed by atoms with Crippen molar-refractivity contribution >= 4 is 17.8 Å². The van der Waals surface area contributed by atoms with E-state index in [-0.39, 0.29) is 18.7 Å². The Morgan fingerprint density at radius 2 is 1.52 bits per heavy atom. The smallest absolute Gasteiger partial charge is 0.407 e. The van der Waals surface area contributed by atoms with Crippen molar-refractivity contribution in [2.45, 2.75) is 45.3 Å². The van der Waals surface area contributed by atoms with Crippen molar-refractivity contribution in [2.75, 3.05) is 6.54 Å². The van der Waals surface area contributed by atoms with Crippen LogP contribution in [0, 0.1) is 0 Å². The van der Waals surface area contributed by atoms with Crippen LogP contribution in [0.4, 0.5) is 4.79 Å². The first-order valence-corrected chi connectivity index (χ1v) is 9.57. The van der Waals surface area contributed by atoms with Crippen LogP contribution in [0.1, 0.15) is 55.6 Å². The van der Waals surface area contributed by atoms with Gasteiger partial charge in [0, 0.05) is 24.1 Å². The predicted octanol–water partition coefficient (Wildman–Crippen LogP) is 4.46. The van der Waals surface area contributed by atoms with Gasteiger partial charge in [-0.15, -0.1) is 0 Å². The van der Waals surface area contributed by atoms with Crippen LogP contribution in [0.5, 0.6) is 0 Å². The summed E-state index contributed by atoms with van der Waals surface area (Å²) in [7, 11) is 0. The number of carbonyl (C=O) groups excluding carboxylic acids is 3. The number of ether oxygens (including phenoxy) is 2. The number of carbonyl (C=O) groups is 3. The van der Waals surface area contributed by atoms with E-state index in [2.05, 4.69) is 5.32 Å². The fraction of sp³-hybridized carbons (Fsp3) is 0.348. The topological polar surface area (TPSA) is 81.7 Å². The van der Waals surface area contributed by atoms with E-state index in [1.54, 1.807) is 69.3 Å². The van der Waals surface area contributed by atoms with Crippen molar-refractivity contribution in [3.05, 3.63) is 71.8 Å². The Kier molecular flexibility index (Phi) is 7.95. The summed E-state index contributed by atoms with van der Waals surface area (Å²) in [6.45, 7) is 5.60. The number of alkyl carbamates (subject to hydrolysis) is 1. The van der Waals surface area contributed by atoms with Gasteiger partial charge in [-0.1, -0.05) is 60.7 Å². The molecule has 6 nitrogen and oxygen atoms in total. The zero-order valence-electron chi connectivity index (χ0n) is 17.0. The summed E-state index contributed by atoms with van der Waals surface area (Å²) in [5, 5.41) is 2.59. The molecule has 0 saturated carbocycles. The van der Waals surface area contributed by atoms with Crippen LogP contribution in [0.2, 0.25) is 0 Å². The number of ketones is 1. The summed E-state index contributed by atoms with van der Waals surface area (Å²) in [5.41, 5.74) is 0.506. The predicted molar refractivity (Wildman–Crippen MR) is 110 cm³/mol. The molecule has 0 bridgehead atoms. The zero-order valence-corrected chi connectivity index (χ0v) is 17.0. The average molecular weight is 397 g/mol. The molecule has 2 rings (SSSR count). The second-order valence-corrected chi connectivity index (χ2v) is 7.54. The van der Waals surface area contributed by atoms with Crippen LogP contribution in [-0.2, 0) is 14.3 Å². The van der Waals surface area contributed by atoms with Crippen LogP contribution in [0.15, 0.2) is 60.7 Å². The van der Waals surface area contributed by atoms with Gasteiger partial charge in [0.05, 0.1) is 0 Å². The molecule has 6 heteroatoms. The van der Waals surface area contributed by atoms with Crippen LogP contribution >= 0.6 is 0 Å². The number of amides is 1. The van der Waals surface area contributed by atoms with Gasteiger partial charge < -0.3 is 14.8 Å². The number of hydrogen-bond donors (Lipinski definition) is 1. The Morgan fingerprint density at radius 1 is 0.931 bits per heavy atom. The zero-order chi connectivity index (χ0) is 21.3. The summed E-state index contributed by atoms with van der Waals surface area (Å²) in [6, 6.07) is 17.6. The quantitative estimate of drug-likeness (QED) is 0.404. The van der Waals surface area contributed by atoms with Gasteiger partial charge in [-0.05, 0) is 27.2 Å². The van der Waals surface area contributed by atoms with Gasteiger partial charge in [-0.3, -0.25) is 9.59 Å². The van der Waals surface area contributed by atoms with Gasteiger partial charge in [0.15, 0.2) is 6.10 Å². The van der Waals surface area contributed by atoms with Gasteiger partial charge in [-0.2, -0.15) is 0 Å². The molecule has 2 aromatic carbocycles. The Hall–Kier alpha value is -3.15. The van der Waals surface area contributed by atoms with E-state index < -0.39 is 23.8 Å². The largest absolute Gasteiger partial charge is 0.449 e. The highest BCUT2D eigenvalue weighted by atomic mass is 16.6. The van der Waals surface area contributed by atoms with E-state index in [9.17, 15) is 14.4 Å². The summed E-state index contributed by atoms with van der Waals surface area (Å²) in [6.07, 6.45) is -1.10. The number of nitrogens with one attached hydrogen (secondary N) is 1. The molecule has 1 atom stereocenters. The minimum Gasteiger partial charge on any atom is -0.449 e. The summed E-state index contributed by atoms with van der Waals surface area (Å²) < 4.78 is 10.6. The van der Waals surface area contributed by atoms with E-state index in [0.29, 0.717) is 17.5 Å². The molecule has 0 spiro atoms. The Bertz CT molecular complexity index is 812. The van der Waals surface area contributed by atoms with E-state index in [0.717, 1.165) is 0 Å². The Morgan fingerprint density at radius 3 is 2.10 bits per heavy atom.